The average Bonchev–Trinajstić information content (AvgIpc) is 2.75. The van der Waals surface area contributed by atoms with E-state index in [2.05, 4.69) is 20.4 Å². The maximum Gasteiger partial charge on any atom is 0.356 e. The molecule has 0 aromatic carbocycles. The third-order valence-electron chi connectivity index (χ3n) is 2.32. The molecule has 2 aromatic heterocycles. The molecule has 0 spiro atoms. The van der Waals surface area contributed by atoms with Crippen molar-refractivity contribution in [1.29, 1.82) is 0 Å². The van der Waals surface area contributed by atoms with E-state index in [0.29, 0.717) is 24.5 Å². The van der Waals surface area contributed by atoms with Gasteiger partial charge in [0, 0.05) is 26.2 Å². The molecule has 7 nitrogen and oxygen atoms in total. The molecule has 18 heavy (non-hydrogen) atoms. The SMILES string of the molecule is Cn1cnc(CCNc2cccnc2C(=O)O)n1. The van der Waals surface area contributed by atoms with Crippen LogP contribution in [0.25, 0.3) is 0 Å². The molecule has 2 rings (SSSR count). The van der Waals surface area contributed by atoms with E-state index in [0.717, 1.165) is 0 Å². The predicted molar refractivity (Wildman–Crippen MR) is 64.4 cm³/mol. The van der Waals surface area contributed by atoms with Crippen LogP contribution in [0.2, 0.25) is 0 Å². The van der Waals surface area contributed by atoms with Gasteiger partial charge in [-0.1, -0.05) is 0 Å². The maximum atomic E-state index is 10.9. The van der Waals surface area contributed by atoms with Crippen LogP contribution in [0.15, 0.2) is 24.7 Å². The van der Waals surface area contributed by atoms with E-state index in [4.69, 9.17) is 5.11 Å². The van der Waals surface area contributed by atoms with E-state index in [1.807, 2.05) is 0 Å². The minimum absolute atomic E-state index is 0.0199. The fraction of sp³-hybridized carbons (Fsp3) is 0.273. The van der Waals surface area contributed by atoms with E-state index in [1.165, 1.54) is 6.20 Å². The number of hydrogen-bond donors (Lipinski definition) is 2. The Hall–Kier alpha value is -2.44. The highest BCUT2D eigenvalue weighted by atomic mass is 16.4. The van der Waals surface area contributed by atoms with Crippen LogP contribution >= 0.6 is 0 Å². The van der Waals surface area contributed by atoms with Crippen molar-refractivity contribution in [3.63, 3.8) is 0 Å². The number of hydrogen-bond acceptors (Lipinski definition) is 5. The Kier molecular flexibility index (Phi) is 3.52. The van der Waals surface area contributed by atoms with Crippen molar-refractivity contribution in [2.24, 2.45) is 7.05 Å². The van der Waals surface area contributed by atoms with Gasteiger partial charge < -0.3 is 10.4 Å². The Morgan fingerprint density at radius 1 is 1.50 bits per heavy atom. The summed E-state index contributed by atoms with van der Waals surface area (Å²) in [5, 5.41) is 16.1. The van der Waals surface area contributed by atoms with Gasteiger partial charge in [-0.05, 0) is 12.1 Å². The number of rotatable bonds is 5. The number of carboxylic acid groups (broad SMARTS) is 1. The monoisotopic (exact) mass is 247 g/mol. The lowest BCUT2D eigenvalue weighted by atomic mass is 10.3. The molecule has 2 N–H and O–H groups in total. The molecule has 0 amide bonds. The van der Waals surface area contributed by atoms with Crippen LogP contribution < -0.4 is 5.32 Å². The highest BCUT2D eigenvalue weighted by molar-refractivity contribution is 5.91. The van der Waals surface area contributed by atoms with Crippen molar-refractivity contribution in [1.82, 2.24) is 19.7 Å². The molecule has 0 fully saturated rings. The summed E-state index contributed by atoms with van der Waals surface area (Å²) in [6.07, 6.45) is 3.70. The summed E-state index contributed by atoms with van der Waals surface area (Å²) in [5.41, 5.74) is 0.521. The van der Waals surface area contributed by atoms with Crippen LogP contribution in [-0.2, 0) is 13.5 Å². The zero-order chi connectivity index (χ0) is 13.0. The van der Waals surface area contributed by atoms with Gasteiger partial charge in [0.05, 0.1) is 5.69 Å². The standard InChI is InChI=1S/C11H13N5O2/c1-16-7-14-9(15-16)4-6-12-8-3-2-5-13-10(8)11(17)18/h2-3,5,7,12H,4,6H2,1H3,(H,17,18). The van der Waals surface area contributed by atoms with Crippen LogP contribution in [0.3, 0.4) is 0 Å². The van der Waals surface area contributed by atoms with Crippen LogP contribution in [-0.4, -0.2) is 37.4 Å². The first-order chi connectivity index (χ1) is 8.66. The summed E-state index contributed by atoms with van der Waals surface area (Å²) >= 11 is 0. The fourth-order valence-electron chi connectivity index (χ4n) is 1.53. The fourth-order valence-corrected chi connectivity index (χ4v) is 1.53. The second kappa shape index (κ2) is 5.26. The highest BCUT2D eigenvalue weighted by Crippen LogP contribution is 2.11. The molecule has 0 unspecified atom stereocenters. The Bertz CT molecular complexity index is 552. The lowest BCUT2D eigenvalue weighted by Crippen LogP contribution is -2.11. The van der Waals surface area contributed by atoms with Crippen LogP contribution in [0.5, 0.6) is 0 Å². The zero-order valence-corrected chi connectivity index (χ0v) is 9.87. The van der Waals surface area contributed by atoms with Crippen molar-refractivity contribution < 1.29 is 9.90 Å². The second-order valence-electron chi connectivity index (χ2n) is 3.72. The molecular weight excluding hydrogens is 234 g/mol. The molecule has 0 radical (unpaired) electrons. The number of carbonyl (C=O) groups is 1. The highest BCUT2D eigenvalue weighted by Gasteiger charge is 2.10. The maximum absolute atomic E-state index is 10.9. The quantitative estimate of drug-likeness (QED) is 0.802. The smallest absolute Gasteiger partial charge is 0.356 e. The van der Waals surface area contributed by atoms with Gasteiger partial charge in [0.2, 0.25) is 0 Å². The van der Waals surface area contributed by atoms with E-state index in [1.54, 1.807) is 30.2 Å². The molecule has 0 aliphatic heterocycles. The summed E-state index contributed by atoms with van der Waals surface area (Å²) in [5.74, 6) is -0.333. The third kappa shape index (κ3) is 2.82. The average molecular weight is 247 g/mol. The normalized spacial score (nSPS) is 10.3. The van der Waals surface area contributed by atoms with Gasteiger partial charge in [0.25, 0.3) is 0 Å². The van der Waals surface area contributed by atoms with Crippen LogP contribution in [0, 0.1) is 0 Å². The van der Waals surface area contributed by atoms with Crippen LogP contribution in [0.4, 0.5) is 5.69 Å². The molecule has 0 saturated heterocycles. The number of nitrogens with one attached hydrogen (secondary N) is 1. The number of nitrogens with zero attached hydrogens (tertiary/aromatic N) is 4. The Balaban J connectivity index is 1.96. The first kappa shape index (κ1) is 12.0. The molecule has 0 atom stereocenters. The molecular formula is C11H13N5O2. The Labute approximate surface area is 104 Å². The lowest BCUT2D eigenvalue weighted by molar-refractivity contribution is 0.0691. The number of anilines is 1. The van der Waals surface area contributed by atoms with Crippen molar-refractivity contribution in [3.8, 4) is 0 Å². The molecule has 2 heterocycles. The van der Waals surface area contributed by atoms with Gasteiger partial charge in [-0.15, -0.1) is 0 Å². The van der Waals surface area contributed by atoms with Gasteiger partial charge in [-0.25, -0.2) is 14.8 Å². The summed E-state index contributed by atoms with van der Waals surface area (Å²) in [4.78, 5) is 18.8. The topological polar surface area (TPSA) is 92.9 Å². The summed E-state index contributed by atoms with van der Waals surface area (Å²) in [6, 6.07) is 3.37. The van der Waals surface area contributed by atoms with E-state index in [9.17, 15) is 4.79 Å². The van der Waals surface area contributed by atoms with Gasteiger partial charge in [-0.3, -0.25) is 4.68 Å². The van der Waals surface area contributed by atoms with Crippen molar-refractivity contribution in [2.75, 3.05) is 11.9 Å². The van der Waals surface area contributed by atoms with Crippen molar-refractivity contribution >= 4 is 11.7 Å². The Morgan fingerprint density at radius 2 is 2.33 bits per heavy atom. The summed E-state index contributed by atoms with van der Waals surface area (Å²) in [6.45, 7) is 0.552. The Morgan fingerprint density at radius 3 is 3.00 bits per heavy atom. The number of aromatic nitrogens is 4. The molecule has 0 bridgehead atoms. The number of pyridine rings is 1. The number of aromatic carboxylic acids is 1. The predicted octanol–water partition coefficient (Wildman–Crippen LogP) is 0.563. The molecule has 94 valence electrons. The molecule has 2 aromatic rings. The van der Waals surface area contributed by atoms with Crippen molar-refractivity contribution in [2.45, 2.75) is 6.42 Å². The first-order valence-corrected chi connectivity index (χ1v) is 5.43. The molecule has 0 aliphatic carbocycles. The number of aryl methyl sites for hydroxylation is 1. The van der Waals surface area contributed by atoms with E-state index >= 15 is 0 Å². The summed E-state index contributed by atoms with van der Waals surface area (Å²) < 4.78 is 1.63. The van der Waals surface area contributed by atoms with Crippen molar-refractivity contribution in [3.05, 3.63) is 36.2 Å². The van der Waals surface area contributed by atoms with Gasteiger partial charge in [0.1, 0.15) is 6.33 Å². The molecule has 0 aliphatic rings. The largest absolute Gasteiger partial charge is 0.476 e. The van der Waals surface area contributed by atoms with E-state index < -0.39 is 5.97 Å². The minimum atomic E-state index is -1.05. The first-order valence-electron chi connectivity index (χ1n) is 5.43. The lowest BCUT2D eigenvalue weighted by Gasteiger charge is -2.06. The minimum Gasteiger partial charge on any atom is -0.476 e. The zero-order valence-electron chi connectivity index (χ0n) is 9.87. The third-order valence-corrected chi connectivity index (χ3v) is 2.32. The summed E-state index contributed by atoms with van der Waals surface area (Å²) in [7, 11) is 1.80. The van der Waals surface area contributed by atoms with Crippen LogP contribution in [0.1, 0.15) is 16.3 Å². The van der Waals surface area contributed by atoms with Gasteiger partial charge in [0.15, 0.2) is 11.5 Å². The molecule has 0 saturated carbocycles. The second-order valence-corrected chi connectivity index (χ2v) is 3.72. The number of carboxylic acids is 1. The molecule has 7 heteroatoms. The van der Waals surface area contributed by atoms with Gasteiger partial charge in [-0.2, -0.15) is 5.10 Å². The van der Waals surface area contributed by atoms with Gasteiger partial charge >= 0.3 is 5.97 Å². The van der Waals surface area contributed by atoms with E-state index in [-0.39, 0.29) is 5.69 Å².